The predicted octanol–water partition coefficient (Wildman–Crippen LogP) is 1.46. The Bertz CT molecular complexity index is 640. The molecule has 6 nitrogen and oxygen atoms in total. The van der Waals surface area contributed by atoms with Crippen molar-refractivity contribution in [2.75, 3.05) is 6.54 Å². The van der Waals surface area contributed by atoms with Crippen LogP contribution in [0.3, 0.4) is 0 Å². The van der Waals surface area contributed by atoms with E-state index in [9.17, 15) is 4.79 Å². The number of nitrogens with zero attached hydrogens (tertiary/aromatic N) is 3. The van der Waals surface area contributed by atoms with Crippen molar-refractivity contribution >= 4 is 17.2 Å². The van der Waals surface area contributed by atoms with Gasteiger partial charge in [0.1, 0.15) is 16.4 Å². The first-order valence-electron chi connectivity index (χ1n) is 6.87. The van der Waals surface area contributed by atoms with Crippen LogP contribution >= 0.6 is 11.3 Å². The van der Waals surface area contributed by atoms with E-state index in [1.54, 1.807) is 24.0 Å². The summed E-state index contributed by atoms with van der Waals surface area (Å²) >= 11 is 1.38. The van der Waals surface area contributed by atoms with Gasteiger partial charge < -0.3 is 11.1 Å². The molecular weight excluding hydrogens is 286 g/mol. The van der Waals surface area contributed by atoms with Crippen molar-refractivity contribution in [3.63, 3.8) is 0 Å². The highest BCUT2D eigenvalue weighted by atomic mass is 32.1. The van der Waals surface area contributed by atoms with Crippen LogP contribution in [0, 0.1) is 5.92 Å². The maximum atomic E-state index is 12.3. The fourth-order valence-corrected chi connectivity index (χ4v) is 3.03. The Hall–Kier alpha value is -1.86. The van der Waals surface area contributed by atoms with E-state index in [0.717, 1.165) is 12.8 Å². The van der Waals surface area contributed by atoms with E-state index in [2.05, 4.69) is 20.3 Å². The van der Waals surface area contributed by atoms with Crippen LogP contribution in [-0.4, -0.2) is 32.9 Å². The van der Waals surface area contributed by atoms with Crippen molar-refractivity contribution in [2.24, 2.45) is 11.7 Å². The summed E-state index contributed by atoms with van der Waals surface area (Å²) in [6.07, 6.45) is 7.09. The first-order valence-corrected chi connectivity index (χ1v) is 7.75. The molecule has 1 unspecified atom stereocenters. The van der Waals surface area contributed by atoms with Gasteiger partial charge in [-0.05, 0) is 25.7 Å². The van der Waals surface area contributed by atoms with E-state index >= 15 is 0 Å². The predicted molar refractivity (Wildman–Crippen MR) is 80.8 cm³/mol. The van der Waals surface area contributed by atoms with E-state index in [4.69, 9.17) is 5.73 Å². The molecule has 3 rings (SSSR count). The summed E-state index contributed by atoms with van der Waals surface area (Å²) in [5.74, 6) is 0.297. The molecule has 7 heteroatoms. The Kier molecular flexibility index (Phi) is 3.69. The van der Waals surface area contributed by atoms with Gasteiger partial charge in [-0.1, -0.05) is 0 Å². The molecule has 0 radical (unpaired) electrons. The summed E-state index contributed by atoms with van der Waals surface area (Å²) in [7, 11) is 0. The summed E-state index contributed by atoms with van der Waals surface area (Å²) < 4.78 is 0. The molecule has 1 fully saturated rings. The van der Waals surface area contributed by atoms with Gasteiger partial charge in [-0.2, -0.15) is 0 Å². The number of carbonyl (C=O) groups excluding carboxylic acids is 1. The van der Waals surface area contributed by atoms with Crippen LogP contribution in [0.5, 0.6) is 0 Å². The molecule has 0 spiro atoms. The Balaban J connectivity index is 1.75. The molecule has 0 saturated heterocycles. The summed E-state index contributed by atoms with van der Waals surface area (Å²) in [5, 5.41) is 5.46. The zero-order valence-electron chi connectivity index (χ0n) is 11.7. The van der Waals surface area contributed by atoms with Crippen molar-refractivity contribution in [2.45, 2.75) is 25.3 Å². The summed E-state index contributed by atoms with van der Waals surface area (Å²) in [6.45, 7) is 2.43. The van der Waals surface area contributed by atoms with E-state index < -0.39 is 0 Å². The molecule has 21 heavy (non-hydrogen) atoms. The second kappa shape index (κ2) is 5.50. The summed E-state index contributed by atoms with van der Waals surface area (Å²) in [6, 6.07) is 0. The van der Waals surface area contributed by atoms with Crippen LogP contribution in [-0.2, 0) is 0 Å². The lowest BCUT2D eigenvalue weighted by Gasteiger charge is -2.29. The molecule has 1 aliphatic rings. The zero-order chi connectivity index (χ0) is 14.9. The van der Waals surface area contributed by atoms with Gasteiger partial charge in [0.15, 0.2) is 0 Å². The van der Waals surface area contributed by atoms with Crippen LogP contribution in [0.15, 0.2) is 24.0 Å². The summed E-state index contributed by atoms with van der Waals surface area (Å²) in [5.41, 5.74) is 6.56. The Morgan fingerprint density at radius 3 is 2.95 bits per heavy atom. The number of thiazole rings is 1. The van der Waals surface area contributed by atoms with Crippen molar-refractivity contribution < 1.29 is 4.79 Å². The third-order valence-corrected chi connectivity index (χ3v) is 4.69. The first kappa shape index (κ1) is 14.1. The monoisotopic (exact) mass is 303 g/mol. The lowest BCUT2D eigenvalue weighted by Crippen LogP contribution is -2.53. The van der Waals surface area contributed by atoms with Crippen LogP contribution in [0.4, 0.5) is 0 Å². The first-order chi connectivity index (χ1) is 10.1. The maximum Gasteiger partial charge on any atom is 0.271 e. The average molecular weight is 303 g/mol. The van der Waals surface area contributed by atoms with Crippen molar-refractivity contribution in [1.29, 1.82) is 0 Å². The third kappa shape index (κ3) is 2.93. The molecule has 1 amide bonds. The standard InChI is InChI=1S/C14H17N5OS/c1-14(8-15,9-2-3-9)19-12(20)11-7-21-13(18-11)10-6-16-4-5-17-10/h4-7,9H,2-3,8,15H2,1H3,(H,19,20). The fourth-order valence-electron chi connectivity index (χ4n) is 2.27. The number of nitrogens with one attached hydrogen (secondary N) is 1. The molecule has 0 aromatic carbocycles. The van der Waals surface area contributed by atoms with Gasteiger partial charge in [0.25, 0.3) is 5.91 Å². The van der Waals surface area contributed by atoms with Crippen molar-refractivity contribution in [3.05, 3.63) is 29.7 Å². The molecule has 1 saturated carbocycles. The minimum absolute atomic E-state index is 0.179. The number of amides is 1. The lowest BCUT2D eigenvalue weighted by molar-refractivity contribution is 0.0893. The highest BCUT2D eigenvalue weighted by Crippen LogP contribution is 2.39. The molecule has 2 heterocycles. The molecular formula is C14H17N5OS. The van der Waals surface area contributed by atoms with Gasteiger partial charge >= 0.3 is 0 Å². The van der Waals surface area contributed by atoms with Crippen molar-refractivity contribution in [3.8, 4) is 10.7 Å². The van der Waals surface area contributed by atoms with Gasteiger partial charge in [-0.15, -0.1) is 11.3 Å². The second-order valence-corrected chi connectivity index (χ2v) is 6.34. The Morgan fingerprint density at radius 1 is 1.52 bits per heavy atom. The molecule has 110 valence electrons. The number of nitrogens with two attached hydrogens (primary N) is 1. The second-order valence-electron chi connectivity index (χ2n) is 5.48. The molecule has 1 aliphatic carbocycles. The molecule has 0 bridgehead atoms. The number of carbonyl (C=O) groups is 1. The van der Waals surface area contributed by atoms with E-state index in [1.807, 2.05) is 6.92 Å². The third-order valence-electron chi connectivity index (χ3n) is 3.82. The maximum absolute atomic E-state index is 12.3. The normalized spacial score (nSPS) is 17.2. The molecule has 1 atom stereocenters. The SMILES string of the molecule is CC(CN)(NC(=O)c1csc(-c2cnccn2)n1)C1CC1. The van der Waals surface area contributed by atoms with E-state index in [-0.39, 0.29) is 11.4 Å². The lowest BCUT2D eigenvalue weighted by atomic mass is 9.96. The number of hydrogen-bond acceptors (Lipinski definition) is 6. The van der Waals surface area contributed by atoms with Gasteiger partial charge in [0.05, 0.1) is 11.7 Å². The minimum atomic E-state index is -0.340. The smallest absolute Gasteiger partial charge is 0.271 e. The number of aromatic nitrogens is 3. The van der Waals surface area contributed by atoms with Gasteiger partial charge in [0, 0.05) is 24.3 Å². The number of rotatable bonds is 5. The quantitative estimate of drug-likeness (QED) is 0.872. The van der Waals surface area contributed by atoms with Crippen molar-refractivity contribution in [1.82, 2.24) is 20.3 Å². The molecule has 0 aliphatic heterocycles. The summed E-state index contributed by atoms with van der Waals surface area (Å²) in [4.78, 5) is 24.9. The zero-order valence-corrected chi connectivity index (χ0v) is 12.6. The average Bonchev–Trinajstić information content (AvgIpc) is 3.26. The molecule has 2 aromatic rings. The molecule has 3 N–H and O–H groups in total. The Labute approximate surface area is 126 Å². The van der Waals surface area contributed by atoms with E-state index in [1.165, 1.54) is 11.3 Å². The topological polar surface area (TPSA) is 93.8 Å². The van der Waals surface area contributed by atoms with Crippen LogP contribution in [0.1, 0.15) is 30.3 Å². The van der Waals surface area contributed by atoms with Crippen LogP contribution < -0.4 is 11.1 Å². The molecule has 2 aromatic heterocycles. The largest absolute Gasteiger partial charge is 0.344 e. The Morgan fingerprint density at radius 2 is 2.33 bits per heavy atom. The van der Waals surface area contributed by atoms with E-state index in [0.29, 0.717) is 28.9 Å². The fraction of sp³-hybridized carbons (Fsp3) is 0.429. The highest BCUT2D eigenvalue weighted by Gasteiger charge is 2.41. The van der Waals surface area contributed by atoms with Gasteiger partial charge in [0.2, 0.25) is 0 Å². The minimum Gasteiger partial charge on any atom is -0.344 e. The van der Waals surface area contributed by atoms with Crippen LogP contribution in [0.25, 0.3) is 10.7 Å². The van der Waals surface area contributed by atoms with Crippen LogP contribution in [0.2, 0.25) is 0 Å². The van der Waals surface area contributed by atoms with Gasteiger partial charge in [-0.3, -0.25) is 14.8 Å². The number of hydrogen-bond donors (Lipinski definition) is 2. The van der Waals surface area contributed by atoms with Gasteiger partial charge in [-0.25, -0.2) is 4.98 Å². The highest BCUT2D eigenvalue weighted by molar-refractivity contribution is 7.13.